The Balaban J connectivity index is 2.44. The number of sulfonamides is 1. The van der Waals surface area contributed by atoms with Crippen molar-refractivity contribution in [3.8, 4) is 5.75 Å². The third kappa shape index (κ3) is 3.02. The topological polar surface area (TPSA) is 84.1 Å². The second-order valence-electron chi connectivity index (χ2n) is 3.49. The van der Waals surface area contributed by atoms with Gasteiger partial charge in [0.25, 0.3) is 10.0 Å². The van der Waals surface area contributed by atoms with Crippen LogP contribution in [0.5, 0.6) is 5.75 Å². The zero-order valence-electron chi connectivity index (χ0n) is 9.65. The fourth-order valence-electron chi connectivity index (χ4n) is 1.44. The summed E-state index contributed by atoms with van der Waals surface area (Å²) in [6.07, 6.45) is 1.35. The van der Waals surface area contributed by atoms with Gasteiger partial charge in [-0.05, 0) is 34.1 Å². The quantitative estimate of drug-likeness (QED) is 0.871. The Hall–Kier alpha value is -1.25. The molecule has 0 fully saturated rings. The Morgan fingerprint density at radius 3 is 2.79 bits per heavy atom. The Bertz CT molecular complexity index is 688. The van der Waals surface area contributed by atoms with Crippen LogP contribution in [0.15, 0.2) is 33.9 Å². The summed E-state index contributed by atoms with van der Waals surface area (Å²) >= 11 is 9.14. The van der Waals surface area contributed by atoms with Crippen LogP contribution in [-0.4, -0.2) is 25.7 Å². The lowest BCUT2D eigenvalue weighted by Gasteiger charge is -2.12. The standard InChI is InChI=1S/C10H9BrClN3O3S/c1-18-10-7(11)4-6(12)5-8(10)15-19(16,17)9-2-3-13-14-9/h2-5,15H,1H3,(H,13,14). The number of ether oxygens (including phenoxy) is 1. The van der Waals surface area contributed by atoms with E-state index in [-0.39, 0.29) is 10.7 Å². The van der Waals surface area contributed by atoms with Crippen molar-refractivity contribution in [3.05, 3.63) is 33.9 Å². The molecule has 0 bridgehead atoms. The Kier molecular flexibility index (Phi) is 4.02. The van der Waals surface area contributed by atoms with Crippen LogP contribution in [0.25, 0.3) is 0 Å². The van der Waals surface area contributed by atoms with Crippen molar-refractivity contribution in [1.29, 1.82) is 0 Å². The molecule has 102 valence electrons. The molecular formula is C10H9BrClN3O3S. The Morgan fingerprint density at radius 1 is 1.47 bits per heavy atom. The molecule has 0 saturated heterocycles. The van der Waals surface area contributed by atoms with Gasteiger partial charge in [0, 0.05) is 5.02 Å². The fourth-order valence-corrected chi connectivity index (χ4v) is 3.37. The summed E-state index contributed by atoms with van der Waals surface area (Å²) in [4.78, 5) is 0. The first kappa shape index (κ1) is 14.2. The summed E-state index contributed by atoms with van der Waals surface area (Å²) in [6, 6.07) is 4.40. The van der Waals surface area contributed by atoms with Crippen molar-refractivity contribution in [3.63, 3.8) is 0 Å². The van der Waals surface area contributed by atoms with Crippen LogP contribution in [0.1, 0.15) is 0 Å². The molecule has 19 heavy (non-hydrogen) atoms. The first-order chi connectivity index (χ1) is 8.94. The third-order valence-corrected chi connectivity index (χ3v) is 4.32. The average Bonchev–Trinajstić information content (AvgIpc) is 2.81. The van der Waals surface area contributed by atoms with Crippen LogP contribution in [0.4, 0.5) is 5.69 Å². The predicted molar refractivity (Wildman–Crippen MR) is 75.1 cm³/mol. The number of anilines is 1. The Labute approximate surface area is 123 Å². The first-order valence-corrected chi connectivity index (χ1v) is 7.64. The molecule has 1 heterocycles. The van der Waals surface area contributed by atoms with Crippen molar-refractivity contribution in [1.82, 2.24) is 10.2 Å². The van der Waals surface area contributed by atoms with Crippen molar-refractivity contribution >= 4 is 43.2 Å². The van der Waals surface area contributed by atoms with E-state index in [1.54, 1.807) is 6.07 Å². The lowest BCUT2D eigenvalue weighted by molar-refractivity contribution is 0.414. The summed E-state index contributed by atoms with van der Waals surface area (Å²) in [6.45, 7) is 0. The maximum absolute atomic E-state index is 12.1. The highest BCUT2D eigenvalue weighted by Crippen LogP contribution is 2.37. The molecule has 0 aliphatic rings. The first-order valence-electron chi connectivity index (χ1n) is 4.99. The summed E-state index contributed by atoms with van der Waals surface area (Å²) in [7, 11) is -2.33. The minimum atomic E-state index is -3.76. The number of aromatic amines is 1. The summed E-state index contributed by atoms with van der Waals surface area (Å²) in [5, 5.41) is 6.30. The van der Waals surface area contributed by atoms with Crippen molar-refractivity contribution in [2.24, 2.45) is 0 Å². The average molecular weight is 367 g/mol. The van der Waals surface area contributed by atoms with E-state index >= 15 is 0 Å². The highest BCUT2D eigenvalue weighted by molar-refractivity contribution is 9.10. The molecule has 0 unspecified atom stereocenters. The number of rotatable bonds is 4. The molecule has 0 aliphatic carbocycles. The molecular weight excluding hydrogens is 358 g/mol. The van der Waals surface area contributed by atoms with Gasteiger partial charge in [-0.2, -0.15) is 13.5 Å². The molecule has 0 amide bonds. The minimum Gasteiger partial charge on any atom is -0.493 e. The molecule has 2 rings (SSSR count). The van der Waals surface area contributed by atoms with E-state index in [1.165, 1.54) is 25.4 Å². The summed E-state index contributed by atoms with van der Waals surface area (Å²) < 4.78 is 32.2. The molecule has 1 aromatic carbocycles. The molecule has 6 nitrogen and oxygen atoms in total. The van der Waals surface area contributed by atoms with E-state index < -0.39 is 10.0 Å². The van der Waals surface area contributed by atoms with E-state index in [0.29, 0.717) is 15.2 Å². The summed E-state index contributed by atoms with van der Waals surface area (Å²) in [5.74, 6) is 0.340. The van der Waals surface area contributed by atoms with Gasteiger partial charge in [-0.3, -0.25) is 9.82 Å². The van der Waals surface area contributed by atoms with Crippen LogP contribution in [0.2, 0.25) is 5.02 Å². The van der Waals surface area contributed by atoms with Gasteiger partial charge in [0.15, 0.2) is 10.8 Å². The van der Waals surface area contributed by atoms with E-state index in [0.717, 1.165) is 0 Å². The second kappa shape index (κ2) is 5.40. The molecule has 0 saturated carbocycles. The number of hydrogen-bond acceptors (Lipinski definition) is 4. The van der Waals surface area contributed by atoms with Crippen LogP contribution in [0, 0.1) is 0 Å². The molecule has 0 aliphatic heterocycles. The van der Waals surface area contributed by atoms with Crippen molar-refractivity contribution < 1.29 is 13.2 Å². The van der Waals surface area contributed by atoms with Crippen LogP contribution < -0.4 is 9.46 Å². The number of benzene rings is 1. The highest BCUT2D eigenvalue weighted by atomic mass is 79.9. The van der Waals surface area contributed by atoms with Gasteiger partial charge in [-0.1, -0.05) is 11.6 Å². The van der Waals surface area contributed by atoms with Gasteiger partial charge < -0.3 is 4.74 Å². The number of aromatic nitrogens is 2. The summed E-state index contributed by atoms with van der Waals surface area (Å²) in [5.41, 5.74) is 0.233. The van der Waals surface area contributed by atoms with Gasteiger partial charge >= 0.3 is 0 Å². The largest absolute Gasteiger partial charge is 0.493 e. The third-order valence-electron chi connectivity index (χ3n) is 2.22. The van der Waals surface area contributed by atoms with Gasteiger partial charge in [0.1, 0.15) is 0 Å². The molecule has 2 aromatic rings. The van der Waals surface area contributed by atoms with Gasteiger partial charge in [-0.15, -0.1) is 0 Å². The number of halogens is 2. The molecule has 0 radical (unpaired) electrons. The van der Waals surface area contributed by atoms with E-state index in [1.807, 2.05) is 0 Å². The van der Waals surface area contributed by atoms with E-state index in [9.17, 15) is 8.42 Å². The van der Waals surface area contributed by atoms with Gasteiger partial charge in [0.2, 0.25) is 0 Å². The molecule has 2 N–H and O–H groups in total. The molecule has 0 atom stereocenters. The lowest BCUT2D eigenvalue weighted by atomic mass is 10.3. The normalized spacial score (nSPS) is 11.3. The number of methoxy groups -OCH3 is 1. The van der Waals surface area contributed by atoms with Gasteiger partial charge in [0.05, 0.1) is 23.5 Å². The predicted octanol–water partition coefficient (Wildman–Crippen LogP) is 2.63. The molecule has 9 heteroatoms. The molecule has 1 aromatic heterocycles. The smallest absolute Gasteiger partial charge is 0.278 e. The zero-order valence-corrected chi connectivity index (χ0v) is 12.8. The number of nitrogens with zero attached hydrogens (tertiary/aromatic N) is 1. The zero-order chi connectivity index (χ0) is 14.0. The SMILES string of the molecule is COc1c(Br)cc(Cl)cc1NS(=O)(=O)c1ccn[nH]1. The number of nitrogens with one attached hydrogen (secondary N) is 2. The highest BCUT2D eigenvalue weighted by Gasteiger charge is 2.19. The van der Waals surface area contributed by atoms with E-state index in [2.05, 4.69) is 30.8 Å². The number of hydrogen-bond donors (Lipinski definition) is 2. The second-order valence-corrected chi connectivity index (χ2v) is 6.44. The maximum atomic E-state index is 12.1. The van der Waals surface area contributed by atoms with E-state index in [4.69, 9.17) is 16.3 Å². The van der Waals surface area contributed by atoms with Crippen molar-refractivity contribution in [2.45, 2.75) is 5.03 Å². The minimum absolute atomic E-state index is 0.0503. The monoisotopic (exact) mass is 365 g/mol. The van der Waals surface area contributed by atoms with Crippen LogP contribution >= 0.6 is 27.5 Å². The van der Waals surface area contributed by atoms with Gasteiger partial charge in [-0.25, -0.2) is 0 Å². The van der Waals surface area contributed by atoms with Crippen LogP contribution in [-0.2, 0) is 10.0 Å². The fraction of sp³-hybridized carbons (Fsp3) is 0.100. The Morgan fingerprint density at radius 2 is 2.21 bits per heavy atom. The maximum Gasteiger partial charge on any atom is 0.278 e. The number of H-pyrrole nitrogens is 1. The van der Waals surface area contributed by atoms with Crippen molar-refractivity contribution in [2.75, 3.05) is 11.8 Å². The lowest BCUT2D eigenvalue weighted by Crippen LogP contribution is -2.14. The molecule has 0 spiro atoms. The van der Waals surface area contributed by atoms with Crippen LogP contribution in [0.3, 0.4) is 0 Å².